The van der Waals surface area contributed by atoms with E-state index in [1.54, 1.807) is 30.3 Å². The third-order valence-electron chi connectivity index (χ3n) is 6.18. The monoisotopic (exact) mass is 482 g/mol. The number of fused-ring (bicyclic) bond motifs is 1. The Morgan fingerprint density at radius 2 is 1.76 bits per heavy atom. The SMILES string of the molecule is O=C(CCNC(=O)[C@@H]1CCCN(S(=O)(=O)c2ccccc2)C1)NCCc1c[nH]c2ccccc12. The third-order valence-corrected chi connectivity index (χ3v) is 8.06. The van der Waals surface area contributed by atoms with Crippen LogP contribution in [0, 0.1) is 5.92 Å². The maximum Gasteiger partial charge on any atom is 0.243 e. The van der Waals surface area contributed by atoms with Crippen molar-refractivity contribution in [3.63, 3.8) is 0 Å². The summed E-state index contributed by atoms with van der Waals surface area (Å²) in [6.45, 7) is 1.29. The molecule has 0 spiro atoms. The number of amides is 2. The third kappa shape index (κ3) is 5.66. The summed E-state index contributed by atoms with van der Waals surface area (Å²) in [5, 5.41) is 6.84. The van der Waals surface area contributed by atoms with E-state index in [0.29, 0.717) is 25.9 Å². The average molecular weight is 483 g/mol. The van der Waals surface area contributed by atoms with E-state index in [1.165, 1.54) is 4.31 Å². The molecule has 1 aliphatic rings. The van der Waals surface area contributed by atoms with Gasteiger partial charge in [-0.3, -0.25) is 9.59 Å². The Labute approximate surface area is 199 Å². The van der Waals surface area contributed by atoms with Crippen LogP contribution < -0.4 is 10.6 Å². The summed E-state index contributed by atoms with van der Waals surface area (Å²) in [6, 6.07) is 16.3. The van der Waals surface area contributed by atoms with Crippen LogP contribution in [0.4, 0.5) is 0 Å². The van der Waals surface area contributed by atoms with Crippen LogP contribution in [-0.4, -0.2) is 55.7 Å². The summed E-state index contributed by atoms with van der Waals surface area (Å²) in [6.07, 6.45) is 4.11. The number of H-pyrrole nitrogens is 1. The van der Waals surface area contributed by atoms with Gasteiger partial charge in [-0.15, -0.1) is 0 Å². The number of piperidine rings is 1. The first-order valence-electron chi connectivity index (χ1n) is 11.6. The lowest BCUT2D eigenvalue weighted by Gasteiger charge is -2.31. The molecule has 1 fully saturated rings. The van der Waals surface area contributed by atoms with E-state index >= 15 is 0 Å². The predicted octanol–water partition coefficient (Wildman–Crippen LogP) is 2.43. The van der Waals surface area contributed by atoms with Crippen LogP contribution in [0.5, 0.6) is 0 Å². The number of aromatic amines is 1. The van der Waals surface area contributed by atoms with Crippen molar-refractivity contribution >= 4 is 32.7 Å². The molecule has 1 aromatic heterocycles. The molecule has 9 heteroatoms. The molecule has 34 heavy (non-hydrogen) atoms. The van der Waals surface area contributed by atoms with Crippen molar-refractivity contribution < 1.29 is 18.0 Å². The van der Waals surface area contributed by atoms with E-state index in [2.05, 4.69) is 21.7 Å². The second-order valence-corrected chi connectivity index (χ2v) is 10.5. The van der Waals surface area contributed by atoms with E-state index in [-0.39, 0.29) is 36.2 Å². The molecule has 0 radical (unpaired) electrons. The van der Waals surface area contributed by atoms with Crippen LogP contribution in [0.15, 0.2) is 65.7 Å². The highest BCUT2D eigenvalue weighted by Gasteiger charge is 2.33. The molecule has 0 aliphatic carbocycles. The number of hydrogen-bond donors (Lipinski definition) is 3. The fourth-order valence-electron chi connectivity index (χ4n) is 4.32. The van der Waals surface area contributed by atoms with Gasteiger partial charge in [0, 0.05) is 49.7 Å². The van der Waals surface area contributed by atoms with Crippen LogP contribution >= 0.6 is 0 Å². The molecular weight excluding hydrogens is 452 g/mol. The van der Waals surface area contributed by atoms with Gasteiger partial charge in [0.05, 0.1) is 10.8 Å². The predicted molar refractivity (Wildman–Crippen MR) is 131 cm³/mol. The van der Waals surface area contributed by atoms with Gasteiger partial charge in [-0.05, 0) is 43.0 Å². The molecule has 8 nitrogen and oxygen atoms in total. The Balaban J connectivity index is 1.19. The fourth-order valence-corrected chi connectivity index (χ4v) is 5.87. The number of aromatic nitrogens is 1. The lowest BCUT2D eigenvalue weighted by Crippen LogP contribution is -2.45. The van der Waals surface area contributed by atoms with E-state index in [4.69, 9.17) is 0 Å². The normalized spacial score (nSPS) is 16.9. The van der Waals surface area contributed by atoms with Crippen molar-refractivity contribution in [3.8, 4) is 0 Å². The van der Waals surface area contributed by atoms with Gasteiger partial charge in [0.2, 0.25) is 21.8 Å². The van der Waals surface area contributed by atoms with Crippen molar-refractivity contribution in [2.75, 3.05) is 26.2 Å². The number of para-hydroxylation sites is 1. The number of carbonyl (C=O) groups is 2. The number of sulfonamides is 1. The van der Waals surface area contributed by atoms with E-state index in [1.807, 2.05) is 24.4 Å². The zero-order valence-corrected chi connectivity index (χ0v) is 19.8. The summed E-state index contributed by atoms with van der Waals surface area (Å²) in [5.41, 5.74) is 2.22. The molecule has 2 heterocycles. The molecule has 1 atom stereocenters. The Bertz CT molecular complexity index is 1240. The summed E-state index contributed by atoms with van der Waals surface area (Å²) in [7, 11) is -3.62. The lowest BCUT2D eigenvalue weighted by atomic mass is 9.99. The quantitative estimate of drug-likeness (QED) is 0.435. The molecular formula is C25H30N4O4S. The Kier molecular flexibility index (Phi) is 7.64. The van der Waals surface area contributed by atoms with Crippen molar-refractivity contribution in [2.45, 2.75) is 30.6 Å². The van der Waals surface area contributed by atoms with E-state index in [0.717, 1.165) is 22.9 Å². The highest BCUT2D eigenvalue weighted by atomic mass is 32.2. The Morgan fingerprint density at radius 1 is 1.00 bits per heavy atom. The summed E-state index contributed by atoms with van der Waals surface area (Å²) >= 11 is 0. The highest BCUT2D eigenvalue weighted by molar-refractivity contribution is 7.89. The Morgan fingerprint density at radius 3 is 2.59 bits per heavy atom. The topological polar surface area (TPSA) is 111 Å². The van der Waals surface area contributed by atoms with Gasteiger partial charge < -0.3 is 15.6 Å². The van der Waals surface area contributed by atoms with Crippen molar-refractivity contribution in [2.24, 2.45) is 5.92 Å². The maximum atomic E-state index is 12.9. The molecule has 0 bridgehead atoms. The summed E-state index contributed by atoms with van der Waals surface area (Å²) in [4.78, 5) is 28.3. The van der Waals surface area contributed by atoms with E-state index < -0.39 is 15.9 Å². The van der Waals surface area contributed by atoms with Gasteiger partial charge >= 0.3 is 0 Å². The first kappa shape index (κ1) is 24.0. The minimum atomic E-state index is -3.62. The molecule has 4 rings (SSSR count). The molecule has 1 aliphatic heterocycles. The molecule has 1 saturated heterocycles. The van der Waals surface area contributed by atoms with Crippen LogP contribution in [-0.2, 0) is 26.0 Å². The molecule has 2 amide bonds. The maximum absolute atomic E-state index is 12.9. The lowest BCUT2D eigenvalue weighted by molar-refractivity contribution is -0.126. The number of hydrogen-bond acceptors (Lipinski definition) is 4. The van der Waals surface area contributed by atoms with Gasteiger partial charge in [-0.2, -0.15) is 4.31 Å². The summed E-state index contributed by atoms with van der Waals surface area (Å²) in [5.74, 6) is -0.756. The zero-order valence-electron chi connectivity index (χ0n) is 19.0. The standard InChI is InChI=1S/C25H30N4O4S/c30-24(26-14-12-19-17-28-23-11-5-4-10-22(19)23)13-15-27-25(31)20-7-6-16-29(18-20)34(32,33)21-8-2-1-3-9-21/h1-5,8-11,17,20,28H,6-7,12-16,18H2,(H,26,30)(H,27,31)/t20-/m1/s1. The Hall–Kier alpha value is -3.17. The van der Waals surface area contributed by atoms with Crippen LogP contribution in [0.2, 0.25) is 0 Å². The van der Waals surface area contributed by atoms with Crippen molar-refractivity contribution in [3.05, 3.63) is 66.4 Å². The van der Waals surface area contributed by atoms with Crippen LogP contribution in [0.3, 0.4) is 0 Å². The molecule has 0 saturated carbocycles. The average Bonchev–Trinajstić information content (AvgIpc) is 3.28. The second kappa shape index (κ2) is 10.8. The zero-order chi connectivity index (χ0) is 24.0. The minimum Gasteiger partial charge on any atom is -0.361 e. The largest absolute Gasteiger partial charge is 0.361 e. The molecule has 0 unspecified atom stereocenters. The molecule has 180 valence electrons. The van der Waals surface area contributed by atoms with Crippen molar-refractivity contribution in [1.29, 1.82) is 0 Å². The number of nitrogens with zero attached hydrogens (tertiary/aromatic N) is 1. The number of benzene rings is 2. The van der Waals surface area contributed by atoms with Crippen LogP contribution in [0.25, 0.3) is 10.9 Å². The second-order valence-electron chi connectivity index (χ2n) is 8.52. The number of rotatable bonds is 9. The first-order valence-corrected chi connectivity index (χ1v) is 13.0. The van der Waals surface area contributed by atoms with Gasteiger partial charge in [0.1, 0.15) is 0 Å². The fraction of sp³-hybridized carbons (Fsp3) is 0.360. The van der Waals surface area contributed by atoms with Gasteiger partial charge in [-0.1, -0.05) is 36.4 Å². The van der Waals surface area contributed by atoms with Gasteiger partial charge in [-0.25, -0.2) is 8.42 Å². The highest BCUT2D eigenvalue weighted by Crippen LogP contribution is 2.24. The van der Waals surface area contributed by atoms with E-state index in [9.17, 15) is 18.0 Å². The molecule has 2 aromatic carbocycles. The molecule has 3 N–H and O–H groups in total. The van der Waals surface area contributed by atoms with Crippen LogP contribution in [0.1, 0.15) is 24.8 Å². The van der Waals surface area contributed by atoms with Gasteiger partial charge in [0.15, 0.2) is 0 Å². The van der Waals surface area contributed by atoms with Crippen molar-refractivity contribution in [1.82, 2.24) is 19.9 Å². The number of carbonyl (C=O) groups excluding carboxylic acids is 2. The summed E-state index contributed by atoms with van der Waals surface area (Å²) < 4.78 is 27.1. The number of nitrogens with one attached hydrogen (secondary N) is 3. The smallest absolute Gasteiger partial charge is 0.243 e. The first-order chi connectivity index (χ1) is 16.4. The van der Waals surface area contributed by atoms with Gasteiger partial charge in [0.25, 0.3) is 0 Å². The molecule has 3 aromatic rings. The minimum absolute atomic E-state index is 0.128.